The maximum atomic E-state index is 4.93. The first-order chi connectivity index (χ1) is 16.1. The predicted molar refractivity (Wildman–Crippen MR) is 142 cm³/mol. The second kappa shape index (κ2) is 9.61. The van der Waals surface area contributed by atoms with Crippen molar-refractivity contribution in [1.82, 2.24) is 24.8 Å². The number of rotatable bonds is 5. The van der Waals surface area contributed by atoms with E-state index in [4.69, 9.17) is 9.97 Å². The van der Waals surface area contributed by atoms with Gasteiger partial charge in [-0.3, -0.25) is 0 Å². The molecular weight excluding hydrogens is 523 g/mol. The summed E-state index contributed by atoms with van der Waals surface area (Å²) in [6.07, 6.45) is 5.96. The summed E-state index contributed by atoms with van der Waals surface area (Å²) in [4.78, 5) is 14.3. The zero-order valence-corrected chi connectivity index (χ0v) is 21.0. The minimum atomic E-state index is 0.400. The molecule has 0 spiro atoms. The van der Waals surface area contributed by atoms with Crippen LogP contribution in [0.1, 0.15) is 30.0 Å². The Balaban J connectivity index is 1.57. The van der Waals surface area contributed by atoms with Crippen molar-refractivity contribution in [2.75, 3.05) is 18.4 Å². The van der Waals surface area contributed by atoms with Crippen LogP contribution in [0.2, 0.25) is 0 Å². The van der Waals surface area contributed by atoms with Crippen molar-refractivity contribution in [2.45, 2.75) is 32.7 Å². The molecule has 33 heavy (non-hydrogen) atoms. The minimum absolute atomic E-state index is 0.400. The van der Waals surface area contributed by atoms with Crippen molar-refractivity contribution in [3.05, 3.63) is 75.8 Å². The number of hydrogen-bond acceptors (Lipinski definition) is 5. The number of benzene rings is 2. The molecule has 1 saturated heterocycles. The van der Waals surface area contributed by atoms with Gasteiger partial charge in [0.15, 0.2) is 0 Å². The topological polar surface area (TPSA) is 67.7 Å². The maximum Gasteiger partial charge on any atom is 0.227 e. The van der Waals surface area contributed by atoms with Gasteiger partial charge in [0.1, 0.15) is 0 Å². The van der Waals surface area contributed by atoms with Crippen molar-refractivity contribution >= 4 is 34.2 Å². The zero-order chi connectivity index (χ0) is 22.8. The second-order valence-corrected chi connectivity index (χ2v) is 9.85. The van der Waals surface area contributed by atoms with E-state index >= 15 is 0 Å². The van der Waals surface area contributed by atoms with E-state index in [1.165, 1.54) is 14.7 Å². The van der Waals surface area contributed by atoms with Crippen LogP contribution in [0.15, 0.2) is 61.1 Å². The van der Waals surface area contributed by atoms with Crippen LogP contribution in [0.5, 0.6) is 0 Å². The molecule has 2 aromatic heterocycles. The van der Waals surface area contributed by atoms with Crippen LogP contribution in [0, 0.1) is 17.4 Å². The van der Waals surface area contributed by atoms with Gasteiger partial charge in [-0.2, -0.15) is 0 Å². The van der Waals surface area contributed by atoms with Gasteiger partial charge >= 0.3 is 0 Å². The Bertz CT molecular complexity index is 1240. The highest BCUT2D eigenvalue weighted by Gasteiger charge is 2.23. The van der Waals surface area contributed by atoms with Gasteiger partial charge in [0.2, 0.25) is 5.95 Å². The van der Waals surface area contributed by atoms with Crippen molar-refractivity contribution in [2.24, 2.45) is 0 Å². The summed E-state index contributed by atoms with van der Waals surface area (Å²) in [5, 5.41) is 6.85. The van der Waals surface area contributed by atoms with E-state index in [9.17, 15) is 0 Å². The van der Waals surface area contributed by atoms with Crippen LogP contribution in [0.25, 0.3) is 22.6 Å². The van der Waals surface area contributed by atoms with Crippen molar-refractivity contribution in [3.63, 3.8) is 0 Å². The van der Waals surface area contributed by atoms with Gasteiger partial charge < -0.3 is 15.2 Å². The van der Waals surface area contributed by atoms with E-state index in [0.29, 0.717) is 12.0 Å². The molecule has 2 N–H and O–H groups in total. The number of piperidine rings is 1. The molecule has 0 unspecified atom stereocenters. The van der Waals surface area contributed by atoms with Crippen LogP contribution in [-0.2, 0) is 0 Å². The lowest BCUT2D eigenvalue weighted by atomic mass is 10.0. The Kier molecular flexibility index (Phi) is 6.41. The van der Waals surface area contributed by atoms with Gasteiger partial charge in [-0.1, -0.05) is 18.2 Å². The van der Waals surface area contributed by atoms with Gasteiger partial charge in [-0.15, -0.1) is 0 Å². The maximum absolute atomic E-state index is 4.93. The molecule has 1 aliphatic rings. The molecule has 6 nitrogen and oxygen atoms in total. The van der Waals surface area contributed by atoms with Crippen molar-refractivity contribution in [1.29, 1.82) is 0 Å². The van der Waals surface area contributed by atoms with Gasteiger partial charge in [0.25, 0.3) is 0 Å². The summed E-state index contributed by atoms with van der Waals surface area (Å²) < 4.78 is 3.52. The smallest absolute Gasteiger partial charge is 0.227 e. The Morgan fingerprint density at radius 1 is 0.970 bits per heavy atom. The standard InChI is InChI=1S/C26H27IN6/c1-17-13-18(2)15-21(14-17)31-26-29-12-9-23(32-26)25-24(19-3-5-20(27)6-4-19)30-16-33(25)22-7-10-28-11-8-22/h3-6,9,12-16,22,28H,7-8,10-11H2,1-2H3,(H,29,31,32). The third-order valence-electron chi connectivity index (χ3n) is 5.99. The SMILES string of the molecule is Cc1cc(C)cc(Nc2nccc(-c3c(-c4ccc(I)cc4)ncn3C3CCNCC3)n2)c1. The molecule has 0 saturated carbocycles. The lowest BCUT2D eigenvalue weighted by Gasteiger charge is -2.25. The van der Waals surface area contributed by atoms with Gasteiger partial charge in [0.05, 0.1) is 23.4 Å². The van der Waals surface area contributed by atoms with E-state index in [-0.39, 0.29) is 0 Å². The normalized spacial score (nSPS) is 14.4. The average molecular weight is 550 g/mol. The van der Waals surface area contributed by atoms with Gasteiger partial charge in [0, 0.05) is 27.1 Å². The molecule has 0 amide bonds. The Morgan fingerprint density at radius 2 is 1.70 bits per heavy atom. The first-order valence-corrected chi connectivity index (χ1v) is 12.4. The summed E-state index contributed by atoms with van der Waals surface area (Å²) in [5.41, 5.74) is 7.39. The number of aromatic nitrogens is 4. The van der Waals surface area contributed by atoms with Crippen LogP contribution in [-0.4, -0.2) is 32.6 Å². The molecule has 0 bridgehead atoms. The largest absolute Gasteiger partial charge is 0.326 e. The highest BCUT2D eigenvalue weighted by atomic mass is 127. The first-order valence-electron chi connectivity index (χ1n) is 11.3. The molecule has 2 aromatic carbocycles. The third-order valence-corrected chi connectivity index (χ3v) is 6.71. The molecule has 0 aliphatic carbocycles. The molecule has 0 atom stereocenters. The molecule has 1 fully saturated rings. The third kappa shape index (κ3) is 4.94. The fourth-order valence-electron chi connectivity index (χ4n) is 4.52. The summed E-state index contributed by atoms with van der Waals surface area (Å²) in [5.74, 6) is 0.587. The zero-order valence-electron chi connectivity index (χ0n) is 18.8. The molecule has 4 aromatic rings. The summed E-state index contributed by atoms with van der Waals surface area (Å²) in [6.45, 7) is 6.23. The van der Waals surface area contributed by atoms with E-state index in [2.05, 4.69) is 99.1 Å². The monoisotopic (exact) mass is 550 g/mol. The van der Waals surface area contributed by atoms with E-state index in [0.717, 1.165) is 54.3 Å². The van der Waals surface area contributed by atoms with E-state index in [1.807, 2.05) is 18.6 Å². The lowest BCUT2D eigenvalue weighted by molar-refractivity contribution is 0.370. The number of imidazole rings is 1. The average Bonchev–Trinajstić information content (AvgIpc) is 3.25. The molecule has 1 aliphatic heterocycles. The Hall–Kier alpha value is -2.78. The molecule has 3 heterocycles. The van der Waals surface area contributed by atoms with Gasteiger partial charge in [-0.25, -0.2) is 15.0 Å². The summed E-state index contributed by atoms with van der Waals surface area (Å²) in [6, 6.07) is 17.3. The van der Waals surface area contributed by atoms with Gasteiger partial charge in [-0.05, 0) is 104 Å². The quantitative estimate of drug-likeness (QED) is 0.303. The fraction of sp³-hybridized carbons (Fsp3) is 0.269. The Morgan fingerprint density at radius 3 is 2.42 bits per heavy atom. The highest BCUT2D eigenvalue weighted by molar-refractivity contribution is 14.1. The Labute approximate surface area is 208 Å². The molecule has 168 valence electrons. The number of nitrogens with one attached hydrogen (secondary N) is 2. The van der Waals surface area contributed by atoms with Crippen molar-refractivity contribution in [3.8, 4) is 22.6 Å². The van der Waals surface area contributed by atoms with Crippen molar-refractivity contribution < 1.29 is 0 Å². The number of halogens is 1. The van der Waals surface area contributed by atoms with E-state index in [1.54, 1.807) is 0 Å². The molecule has 0 radical (unpaired) electrons. The minimum Gasteiger partial charge on any atom is -0.326 e. The van der Waals surface area contributed by atoms with Crippen LogP contribution < -0.4 is 10.6 Å². The first kappa shape index (κ1) is 22.0. The second-order valence-electron chi connectivity index (χ2n) is 8.60. The van der Waals surface area contributed by atoms with Crippen LogP contribution in [0.3, 0.4) is 0 Å². The number of nitrogens with zero attached hydrogens (tertiary/aromatic N) is 4. The number of aryl methyl sites for hydroxylation is 2. The van der Waals surface area contributed by atoms with E-state index < -0.39 is 0 Å². The molecule has 5 rings (SSSR count). The summed E-state index contributed by atoms with van der Waals surface area (Å²) in [7, 11) is 0. The lowest BCUT2D eigenvalue weighted by Crippen LogP contribution is -2.29. The number of anilines is 2. The highest BCUT2D eigenvalue weighted by Crippen LogP contribution is 2.35. The molecule has 7 heteroatoms. The van der Waals surface area contributed by atoms with Crippen LogP contribution >= 0.6 is 22.6 Å². The van der Waals surface area contributed by atoms with Crippen LogP contribution in [0.4, 0.5) is 11.6 Å². The molecular formula is C26H27IN6. The summed E-state index contributed by atoms with van der Waals surface area (Å²) >= 11 is 2.33. The number of hydrogen-bond donors (Lipinski definition) is 2. The fourth-order valence-corrected chi connectivity index (χ4v) is 4.88. The predicted octanol–water partition coefficient (Wildman–Crippen LogP) is 5.90.